The molecule has 2 aromatic rings. The fourth-order valence-electron chi connectivity index (χ4n) is 1.02. The summed E-state index contributed by atoms with van der Waals surface area (Å²) in [5.41, 5.74) is -0.869. The average Bonchev–Trinajstić information content (AvgIpc) is 2.31. The maximum atomic E-state index is 11.6. The summed E-state index contributed by atoms with van der Waals surface area (Å²) in [6.45, 7) is -0.453. The van der Waals surface area contributed by atoms with Gasteiger partial charge in [0.15, 0.2) is 14.0 Å². The number of nitrogens with two attached hydrogens (primary N) is 1. The van der Waals surface area contributed by atoms with Crippen molar-refractivity contribution in [3.63, 3.8) is 0 Å². The minimum Gasteiger partial charge on any atom is -0.377 e. The summed E-state index contributed by atoms with van der Waals surface area (Å²) < 4.78 is 21.5. The summed E-state index contributed by atoms with van der Waals surface area (Å²) in [6.07, 6.45) is -0.315. The zero-order valence-corrected chi connectivity index (χ0v) is 7.35. The Balaban J connectivity index is 2.70. The quantitative estimate of drug-likeness (QED) is 0.462. The van der Waals surface area contributed by atoms with Gasteiger partial charge in [-0.15, -0.1) is 0 Å². The topological polar surface area (TPSA) is 130 Å². The second-order valence-corrected chi connectivity index (χ2v) is 2.58. The highest BCUT2D eigenvalue weighted by molar-refractivity contribution is 5.70. The summed E-state index contributed by atoms with van der Waals surface area (Å²) >= 11 is 0. The molecule has 0 saturated heterocycles. The van der Waals surface area contributed by atoms with Crippen LogP contribution in [0.3, 0.4) is 0 Å². The average molecular weight is 211 g/mol. The van der Waals surface area contributed by atoms with Gasteiger partial charge in [-0.2, -0.15) is 4.98 Å². The summed E-state index contributed by atoms with van der Waals surface area (Å²) in [7, 11) is 0. The number of aliphatic hydroxyl groups excluding tert-OH is 1. The van der Waals surface area contributed by atoms with Gasteiger partial charge in [-0.3, -0.25) is 9.78 Å². The van der Waals surface area contributed by atoms with E-state index in [0.717, 1.165) is 0 Å². The van der Waals surface area contributed by atoms with E-state index >= 15 is 0 Å². The second-order valence-electron chi connectivity index (χ2n) is 2.58. The molecule has 0 bridgehead atoms. The fraction of sp³-hybridized carbons (Fsp3) is 0.143. The molecule has 2 heterocycles. The van der Waals surface area contributed by atoms with Gasteiger partial charge in [-0.1, -0.05) is 0 Å². The number of anilines is 2. The molecule has 0 aliphatic carbocycles. The Morgan fingerprint density at radius 2 is 2.60 bits per heavy atom. The van der Waals surface area contributed by atoms with Crippen molar-refractivity contribution in [2.45, 2.75) is 0 Å². The molecule has 0 atom stereocenters. The lowest BCUT2D eigenvalue weighted by Gasteiger charge is -2.01. The zero-order chi connectivity index (χ0) is 13.3. The lowest BCUT2D eigenvalue weighted by Crippen LogP contribution is -2.14. The Labute approximate surface area is 87.5 Å². The smallest absolute Gasteiger partial charge is 0.280 e. The van der Waals surface area contributed by atoms with Gasteiger partial charge in [0.05, 0.1) is 7.54 Å². The molecule has 0 aliphatic heterocycles. The molecule has 2 rings (SSSR count). The van der Waals surface area contributed by atoms with E-state index in [1.807, 2.05) is 0 Å². The fourth-order valence-corrected chi connectivity index (χ4v) is 1.02. The van der Waals surface area contributed by atoms with Gasteiger partial charge in [-0.05, 0) is 0 Å². The van der Waals surface area contributed by atoms with Crippen LogP contribution in [0, 0.1) is 0 Å². The molecule has 0 fully saturated rings. The molecule has 0 unspecified atom stereocenters. The van der Waals surface area contributed by atoms with E-state index < -0.39 is 12.3 Å². The molecule has 2 aromatic heterocycles. The van der Waals surface area contributed by atoms with Crippen LogP contribution in [-0.4, -0.2) is 31.8 Å². The van der Waals surface area contributed by atoms with Gasteiger partial charge in [0.25, 0.3) is 5.56 Å². The number of rotatable bonds is 3. The molecule has 0 aromatic carbocycles. The minimum absolute atomic E-state index is 0.0458. The van der Waals surface area contributed by atoms with Gasteiger partial charge >= 0.3 is 0 Å². The Kier molecular flexibility index (Phi) is 1.47. The normalized spacial score (nSPS) is 13.0. The maximum absolute atomic E-state index is 11.6. The zero-order valence-electron chi connectivity index (χ0n) is 10.4. The van der Waals surface area contributed by atoms with Crippen LogP contribution in [0.5, 0.6) is 0 Å². The van der Waals surface area contributed by atoms with Crippen LogP contribution in [-0.2, 0) is 0 Å². The van der Waals surface area contributed by atoms with Gasteiger partial charge < -0.3 is 16.1 Å². The Morgan fingerprint density at radius 1 is 1.73 bits per heavy atom. The highest BCUT2D eigenvalue weighted by Gasteiger charge is 2.05. The van der Waals surface area contributed by atoms with E-state index in [1.165, 1.54) is 0 Å². The summed E-state index contributed by atoms with van der Waals surface area (Å²) in [6, 6.07) is 0. The second kappa shape index (κ2) is 3.50. The molecule has 0 amide bonds. The third-order valence-corrected chi connectivity index (χ3v) is 1.60. The molecular weight excluding hydrogens is 200 g/mol. The third-order valence-electron chi connectivity index (χ3n) is 1.60. The Hall–Kier alpha value is -2.22. The highest BCUT2D eigenvalue weighted by Crippen LogP contribution is 2.05. The lowest BCUT2D eigenvalue weighted by molar-refractivity contribution is 0.325. The third kappa shape index (κ3) is 1.70. The first kappa shape index (κ1) is 6.30. The molecule has 0 radical (unpaired) electrons. The predicted octanol–water partition coefficient (Wildman–Crippen LogP) is -1.34. The number of fused-ring (bicyclic) bond motifs is 1. The standard InChI is InChI=1S/C7H8N6O2/c8-7-12-5-4(6(15)13-7)9-1-3(11-5)10-2-14/h1,14H,2H2,(H4,8,10,11,12,13,15)/i1D/hD2. The number of hydrogen-bond acceptors (Lipinski definition) is 7. The largest absolute Gasteiger partial charge is 0.377 e. The van der Waals surface area contributed by atoms with Crippen molar-refractivity contribution in [1.82, 2.24) is 19.9 Å². The van der Waals surface area contributed by atoms with Crippen LogP contribution < -0.4 is 16.6 Å². The van der Waals surface area contributed by atoms with E-state index in [9.17, 15) is 4.79 Å². The Bertz CT molecular complexity index is 645. The van der Waals surface area contributed by atoms with Gasteiger partial charge in [0.2, 0.25) is 5.95 Å². The maximum Gasteiger partial charge on any atom is 0.280 e. The molecule has 8 nitrogen and oxygen atoms in total. The van der Waals surface area contributed by atoms with Crippen molar-refractivity contribution in [2.75, 3.05) is 17.8 Å². The first-order valence-electron chi connectivity index (χ1n) is 5.33. The van der Waals surface area contributed by atoms with Crippen molar-refractivity contribution in [2.24, 2.45) is 0 Å². The Morgan fingerprint density at radius 3 is 3.33 bits per heavy atom. The van der Waals surface area contributed by atoms with Gasteiger partial charge in [-0.25, -0.2) is 9.97 Å². The molecule has 5 N–H and O–H groups in total. The van der Waals surface area contributed by atoms with E-state index in [2.05, 4.69) is 25.3 Å². The van der Waals surface area contributed by atoms with Crippen LogP contribution in [0.2, 0.25) is 2.82 Å². The number of H-pyrrole nitrogens is 1. The summed E-state index contributed by atoms with van der Waals surface area (Å²) in [5.74, 6) is -0.370. The summed E-state index contributed by atoms with van der Waals surface area (Å²) in [4.78, 5) is 25.0. The monoisotopic (exact) mass is 211 g/mol. The molecule has 15 heavy (non-hydrogen) atoms. The highest BCUT2D eigenvalue weighted by atomic mass is 16.3. The number of aliphatic hydroxyl groups is 1. The van der Waals surface area contributed by atoms with E-state index in [0.29, 0.717) is 0 Å². The number of nitrogen functional groups attached to an aromatic ring is 1. The van der Waals surface area contributed by atoms with Crippen molar-refractivity contribution < 1.29 is 9.30 Å². The SMILES string of the molecule is [2H]c1nc2c(=O)[nH]c(N([2H])[2H])nc2nc1NCO. The van der Waals surface area contributed by atoms with Crippen molar-refractivity contribution >= 4 is 22.9 Å². The van der Waals surface area contributed by atoms with Gasteiger partial charge in [0, 0.05) is 0 Å². The van der Waals surface area contributed by atoms with Crippen LogP contribution >= 0.6 is 0 Å². The first-order chi connectivity index (χ1) is 8.52. The van der Waals surface area contributed by atoms with Crippen LogP contribution in [0.4, 0.5) is 11.8 Å². The number of hydrogen-bond donors (Lipinski definition) is 4. The summed E-state index contributed by atoms with van der Waals surface area (Å²) in [5, 5.41) is 11.1. The molecule has 0 saturated carbocycles. The molecule has 8 heteroatoms. The first-order valence-corrected chi connectivity index (χ1v) is 3.94. The number of aromatic nitrogens is 4. The van der Waals surface area contributed by atoms with Crippen molar-refractivity contribution in [1.29, 1.82) is 0 Å². The van der Waals surface area contributed by atoms with Gasteiger partial charge in [0.1, 0.15) is 12.5 Å². The number of nitrogens with one attached hydrogen (secondary N) is 2. The molecular formula is C7H8N6O2. The van der Waals surface area contributed by atoms with Crippen LogP contribution in [0.1, 0.15) is 1.37 Å². The van der Waals surface area contributed by atoms with E-state index in [4.69, 9.17) is 9.30 Å². The van der Waals surface area contributed by atoms with Crippen LogP contribution in [0.25, 0.3) is 11.2 Å². The van der Waals surface area contributed by atoms with Crippen LogP contribution in [0.15, 0.2) is 11.0 Å². The molecule has 0 spiro atoms. The van der Waals surface area contributed by atoms with Crippen molar-refractivity contribution in [3.8, 4) is 0 Å². The number of aromatic amines is 1. The molecule has 78 valence electrons. The lowest BCUT2D eigenvalue weighted by atomic mass is 10.5. The molecule has 0 aliphatic rings. The predicted molar refractivity (Wildman–Crippen MR) is 53.1 cm³/mol. The minimum atomic E-state index is -0.698. The number of nitrogens with zero attached hydrogens (tertiary/aromatic N) is 3. The van der Waals surface area contributed by atoms with E-state index in [1.54, 1.807) is 0 Å². The van der Waals surface area contributed by atoms with Crippen molar-refractivity contribution in [3.05, 3.63) is 16.5 Å². The van der Waals surface area contributed by atoms with E-state index in [-0.39, 0.29) is 34.8 Å².